The van der Waals surface area contributed by atoms with E-state index >= 15 is 0 Å². The van der Waals surface area contributed by atoms with E-state index in [2.05, 4.69) is 0 Å². The van der Waals surface area contributed by atoms with E-state index in [0.29, 0.717) is 25.2 Å². The molecule has 2 aliphatic heterocycles. The lowest BCUT2D eigenvalue weighted by Crippen LogP contribution is -2.57. The topological polar surface area (TPSA) is 68.3 Å². The molecule has 0 bridgehead atoms. The Morgan fingerprint density at radius 1 is 1.09 bits per heavy atom. The Morgan fingerprint density at radius 2 is 1.69 bits per heavy atom. The van der Waals surface area contributed by atoms with Crippen molar-refractivity contribution in [2.45, 2.75) is 85.2 Å². The van der Waals surface area contributed by atoms with Gasteiger partial charge >= 0.3 is 13.2 Å². The first-order valence-electron chi connectivity index (χ1n) is 11.4. The van der Waals surface area contributed by atoms with Crippen molar-refractivity contribution in [1.29, 1.82) is 0 Å². The van der Waals surface area contributed by atoms with Gasteiger partial charge in [-0.25, -0.2) is 4.79 Å². The number of aryl methyl sites for hydroxylation is 1. The molecule has 176 valence electrons. The lowest BCUT2D eigenvalue weighted by molar-refractivity contribution is 0.00200. The molecule has 1 aromatic carbocycles. The van der Waals surface area contributed by atoms with Crippen molar-refractivity contribution in [3.63, 3.8) is 0 Å². The first-order chi connectivity index (χ1) is 14.6. The zero-order chi connectivity index (χ0) is 24.1. The summed E-state index contributed by atoms with van der Waals surface area (Å²) < 4.78 is 18.0. The highest BCUT2D eigenvalue weighted by molar-refractivity contribution is 6.64. The van der Waals surface area contributed by atoms with Crippen LogP contribution in [0.15, 0.2) is 18.2 Å². The second-order valence-electron chi connectivity index (χ2n) is 10.9. The summed E-state index contributed by atoms with van der Waals surface area (Å²) in [6.07, 6.45) is -0.342. The number of amides is 2. The normalized spacial score (nSPS) is 22.8. The monoisotopic (exact) mass is 444 g/mol. The average Bonchev–Trinajstić information content (AvgIpc) is 2.86. The Labute approximate surface area is 192 Å². The van der Waals surface area contributed by atoms with Gasteiger partial charge in [0.25, 0.3) is 5.91 Å². The number of carbonyl (C=O) groups is 2. The Hall–Kier alpha value is -2.06. The van der Waals surface area contributed by atoms with Crippen LogP contribution >= 0.6 is 0 Å². The molecule has 7 nitrogen and oxygen atoms in total. The fourth-order valence-corrected chi connectivity index (χ4v) is 4.05. The Morgan fingerprint density at radius 3 is 2.22 bits per heavy atom. The summed E-state index contributed by atoms with van der Waals surface area (Å²) in [5, 5.41) is 0. The summed E-state index contributed by atoms with van der Waals surface area (Å²) in [5.74, 6) is -0.0749. The minimum atomic E-state index is -0.611. The van der Waals surface area contributed by atoms with Crippen LogP contribution in [-0.4, -0.2) is 71.4 Å². The molecular weight excluding hydrogens is 407 g/mol. The first-order valence-corrected chi connectivity index (χ1v) is 11.4. The number of carbonyl (C=O) groups excluding carboxylic acids is 2. The van der Waals surface area contributed by atoms with Gasteiger partial charge in [0.15, 0.2) is 0 Å². The van der Waals surface area contributed by atoms with Gasteiger partial charge in [-0.15, -0.1) is 0 Å². The fourth-order valence-electron chi connectivity index (χ4n) is 4.05. The SMILES string of the molecule is Cc1cccc(C(=O)N2CCN(C(=O)OC(C)(C)C)[C@H](C)C2)c1B1OC(C)(C)C(C)(C)O1. The number of benzene rings is 1. The van der Waals surface area contributed by atoms with Crippen LogP contribution in [0.2, 0.25) is 0 Å². The molecule has 2 heterocycles. The Balaban J connectivity index is 1.80. The van der Waals surface area contributed by atoms with Crippen LogP contribution in [0, 0.1) is 6.92 Å². The molecule has 0 spiro atoms. The van der Waals surface area contributed by atoms with Crippen LogP contribution in [0.4, 0.5) is 4.79 Å². The first kappa shape index (κ1) is 24.6. The van der Waals surface area contributed by atoms with Gasteiger partial charge in [0.05, 0.1) is 11.2 Å². The van der Waals surface area contributed by atoms with Gasteiger partial charge in [-0.3, -0.25) is 4.79 Å². The van der Waals surface area contributed by atoms with Gasteiger partial charge < -0.3 is 23.8 Å². The smallest absolute Gasteiger partial charge is 0.444 e. The molecule has 32 heavy (non-hydrogen) atoms. The third kappa shape index (κ3) is 4.81. The molecule has 2 amide bonds. The Bertz CT molecular complexity index is 877. The van der Waals surface area contributed by atoms with Gasteiger partial charge in [-0.05, 0) is 73.8 Å². The molecule has 0 aliphatic carbocycles. The van der Waals surface area contributed by atoms with E-state index in [1.807, 2.05) is 80.5 Å². The van der Waals surface area contributed by atoms with Gasteiger partial charge in [0, 0.05) is 31.2 Å². The van der Waals surface area contributed by atoms with Crippen molar-refractivity contribution < 1.29 is 23.6 Å². The lowest BCUT2D eigenvalue weighted by atomic mass is 9.73. The van der Waals surface area contributed by atoms with Crippen molar-refractivity contribution in [3.05, 3.63) is 29.3 Å². The molecule has 0 N–H and O–H groups in total. The van der Waals surface area contributed by atoms with Gasteiger partial charge in [-0.1, -0.05) is 17.7 Å². The summed E-state index contributed by atoms with van der Waals surface area (Å²) in [7, 11) is -0.611. The molecule has 2 saturated heterocycles. The molecular formula is C24H37BN2O5. The Kier molecular flexibility index (Phi) is 6.44. The maximum absolute atomic E-state index is 13.6. The predicted octanol–water partition coefficient (Wildman–Crippen LogP) is 3.38. The molecule has 2 aliphatic rings. The van der Waals surface area contributed by atoms with Crippen LogP contribution in [0.3, 0.4) is 0 Å². The highest BCUT2D eigenvalue weighted by Crippen LogP contribution is 2.37. The number of nitrogens with zero attached hydrogens (tertiary/aromatic N) is 2. The molecule has 0 aromatic heterocycles. The van der Waals surface area contributed by atoms with E-state index in [1.165, 1.54) is 0 Å². The van der Waals surface area contributed by atoms with Gasteiger partial charge in [-0.2, -0.15) is 0 Å². The highest BCUT2D eigenvalue weighted by Gasteiger charge is 2.53. The average molecular weight is 444 g/mol. The zero-order valence-corrected chi connectivity index (χ0v) is 20.9. The summed E-state index contributed by atoms with van der Waals surface area (Å²) in [5.41, 5.74) is 0.777. The lowest BCUT2D eigenvalue weighted by Gasteiger charge is -2.40. The molecule has 0 unspecified atom stereocenters. The van der Waals surface area contributed by atoms with E-state index in [-0.39, 0.29) is 18.0 Å². The van der Waals surface area contributed by atoms with Crippen LogP contribution in [0.25, 0.3) is 0 Å². The van der Waals surface area contributed by atoms with E-state index in [9.17, 15) is 9.59 Å². The van der Waals surface area contributed by atoms with Crippen LogP contribution < -0.4 is 5.46 Å². The standard InChI is InChI=1S/C24H37BN2O5/c1-16-11-10-12-18(19(16)25-31-23(6,7)24(8,9)32-25)20(28)26-13-14-27(17(2)15-26)21(29)30-22(3,4)5/h10-12,17H,13-15H2,1-9H3/t17-/m1/s1. The highest BCUT2D eigenvalue weighted by atomic mass is 16.7. The molecule has 1 aromatic rings. The number of hydrogen-bond donors (Lipinski definition) is 0. The fraction of sp³-hybridized carbons (Fsp3) is 0.667. The van der Waals surface area contributed by atoms with Crippen molar-refractivity contribution in [3.8, 4) is 0 Å². The molecule has 2 fully saturated rings. The van der Waals surface area contributed by atoms with E-state index in [1.54, 1.807) is 9.80 Å². The summed E-state index contributed by atoms with van der Waals surface area (Å²) in [4.78, 5) is 29.6. The summed E-state index contributed by atoms with van der Waals surface area (Å²) >= 11 is 0. The van der Waals surface area contributed by atoms with Crippen LogP contribution in [0.5, 0.6) is 0 Å². The number of rotatable bonds is 2. The molecule has 1 atom stereocenters. The van der Waals surface area contributed by atoms with Gasteiger partial charge in [0.1, 0.15) is 5.60 Å². The molecule has 3 rings (SSSR count). The van der Waals surface area contributed by atoms with Crippen molar-refractivity contribution in [1.82, 2.24) is 9.80 Å². The predicted molar refractivity (Wildman–Crippen MR) is 125 cm³/mol. The van der Waals surface area contributed by atoms with Crippen molar-refractivity contribution in [2.24, 2.45) is 0 Å². The van der Waals surface area contributed by atoms with Crippen molar-refractivity contribution in [2.75, 3.05) is 19.6 Å². The summed E-state index contributed by atoms with van der Waals surface area (Å²) in [6.45, 7) is 18.8. The zero-order valence-electron chi connectivity index (χ0n) is 20.9. The van der Waals surface area contributed by atoms with Crippen LogP contribution in [-0.2, 0) is 14.0 Å². The summed E-state index contributed by atoms with van der Waals surface area (Å²) in [6, 6.07) is 5.55. The molecule has 0 saturated carbocycles. The van der Waals surface area contributed by atoms with E-state index in [4.69, 9.17) is 14.0 Å². The van der Waals surface area contributed by atoms with Gasteiger partial charge in [0.2, 0.25) is 0 Å². The second-order valence-corrected chi connectivity index (χ2v) is 10.9. The number of hydrogen-bond acceptors (Lipinski definition) is 5. The third-order valence-corrected chi connectivity index (χ3v) is 6.59. The largest absolute Gasteiger partial charge is 0.495 e. The minimum absolute atomic E-state index is 0.0749. The molecule has 0 radical (unpaired) electrons. The van der Waals surface area contributed by atoms with Crippen LogP contribution in [0.1, 0.15) is 71.3 Å². The number of piperazine rings is 1. The van der Waals surface area contributed by atoms with E-state index < -0.39 is 23.9 Å². The maximum Gasteiger partial charge on any atom is 0.495 e. The minimum Gasteiger partial charge on any atom is -0.444 e. The maximum atomic E-state index is 13.6. The molecule has 8 heteroatoms. The quantitative estimate of drug-likeness (QED) is 0.655. The van der Waals surface area contributed by atoms with E-state index in [0.717, 1.165) is 11.0 Å². The number of ether oxygens (including phenoxy) is 1. The van der Waals surface area contributed by atoms with Crippen molar-refractivity contribution >= 4 is 24.6 Å². The third-order valence-electron chi connectivity index (χ3n) is 6.59. The second kappa shape index (κ2) is 8.38.